The highest BCUT2D eigenvalue weighted by Gasteiger charge is 2.31. The highest BCUT2D eigenvalue weighted by molar-refractivity contribution is 7.89. The molecule has 0 atom stereocenters. The molecule has 0 spiro atoms. The van der Waals surface area contributed by atoms with Crippen LogP contribution in [0.15, 0.2) is 23.1 Å². The molecule has 1 aliphatic carbocycles. The Balaban J connectivity index is 2.24. The fourth-order valence-electron chi connectivity index (χ4n) is 2.27. The number of nitrogens with one attached hydrogen (secondary N) is 1. The summed E-state index contributed by atoms with van der Waals surface area (Å²) in [5.41, 5.74) is 0.813. The number of rotatable bonds is 6. The van der Waals surface area contributed by atoms with Gasteiger partial charge < -0.3 is 5.32 Å². The molecule has 1 fully saturated rings. The van der Waals surface area contributed by atoms with E-state index in [0.29, 0.717) is 22.5 Å². The molecule has 21 heavy (non-hydrogen) atoms. The van der Waals surface area contributed by atoms with Gasteiger partial charge in [-0.25, -0.2) is 8.42 Å². The molecule has 1 saturated carbocycles. The second-order valence-corrected chi connectivity index (χ2v) is 8.30. The molecule has 0 aromatic heterocycles. The molecular formula is C15H23ClN2O2S. The molecule has 0 saturated heterocycles. The van der Waals surface area contributed by atoms with Crippen molar-refractivity contribution >= 4 is 21.6 Å². The molecule has 0 amide bonds. The quantitative estimate of drug-likeness (QED) is 0.872. The van der Waals surface area contributed by atoms with Crippen LogP contribution in [0.25, 0.3) is 0 Å². The SMILES string of the molecule is CC(C)NCc1cc(S(=O)(=O)N(C)C2CCC2)ccc1Cl. The Bertz CT molecular complexity index is 598. The molecule has 2 rings (SSSR count). The number of benzene rings is 1. The van der Waals surface area contributed by atoms with Crippen LogP contribution in [-0.4, -0.2) is 31.9 Å². The maximum Gasteiger partial charge on any atom is 0.243 e. The predicted molar refractivity (Wildman–Crippen MR) is 86.0 cm³/mol. The van der Waals surface area contributed by atoms with E-state index in [1.807, 2.05) is 13.8 Å². The van der Waals surface area contributed by atoms with Crippen LogP contribution in [0.5, 0.6) is 0 Å². The van der Waals surface area contributed by atoms with Crippen LogP contribution in [0, 0.1) is 0 Å². The zero-order valence-corrected chi connectivity index (χ0v) is 14.3. The molecule has 1 aliphatic rings. The Kier molecular flexibility index (Phi) is 5.30. The van der Waals surface area contributed by atoms with Gasteiger partial charge in [0.25, 0.3) is 0 Å². The molecule has 0 radical (unpaired) electrons. The zero-order valence-electron chi connectivity index (χ0n) is 12.8. The standard InChI is InChI=1S/C15H23ClN2O2S/c1-11(2)17-10-12-9-14(7-8-15(12)16)21(19,20)18(3)13-5-4-6-13/h7-9,11,13,17H,4-6,10H2,1-3H3. The third-order valence-corrected chi connectivity index (χ3v) is 6.26. The number of hydrogen-bond acceptors (Lipinski definition) is 3. The van der Waals surface area contributed by atoms with E-state index in [9.17, 15) is 8.42 Å². The topological polar surface area (TPSA) is 49.4 Å². The predicted octanol–water partition coefficient (Wildman–Crippen LogP) is 3.01. The van der Waals surface area contributed by atoms with Gasteiger partial charge in [-0.1, -0.05) is 31.9 Å². The van der Waals surface area contributed by atoms with Gasteiger partial charge in [-0.15, -0.1) is 0 Å². The van der Waals surface area contributed by atoms with Gasteiger partial charge in [0, 0.05) is 30.7 Å². The van der Waals surface area contributed by atoms with Crippen LogP contribution in [0.4, 0.5) is 0 Å². The summed E-state index contributed by atoms with van der Waals surface area (Å²) in [6.45, 7) is 4.64. The highest BCUT2D eigenvalue weighted by atomic mass is 35.5. The molecular weight excluding hydrogens is 308 g/mol. The van der Waals surface area contributed by atoms with Crippen LogP contribution in [-0.2, 0) is 16.6 Å². The average Bonchev–Trinajstić information content (AvgIpc) is 2.35. The van der Waals surface area contributed by atoms with Crippen molar-refractivity contribution in [3.63, 3.8) is 0 Å². The Morgan fingerprint density at radius 1 is 1.38 bits per heavy atom. The first kappa shape index (κ1) is 16.7. The Morgan fingerprint density at radius 2 is 2.05 bits per heavy atom. The third-order valence-electron chi connectivity index (χ3n) is 3.98. The lowest BCUT2D eigenvalue weighted by Crippen LogP contribution is -2.41. The molecule has 0 heterocycles. The zero-order chi connectivity index (χ0) is 15.6. The summed E-state index contributed by atoms with van der Waals surface area (Å²) in [6.07, 6.45) is 3.00. The molecule has 1 N–H and O–H groups in total. The first-order valence-corrected chi connectivity index (χ1v) is 9.14. The monoisotopic (exact) mass is 330 g/mol. The third kappa shape index (κ3) is 3.77. The minimum absolute atomic E-state index is 0.142. The molecule has 4 nitrogen and oxygen atoms in total. The minimum Gasteiger partial charge on any atom is -0.310 e. The van der Waals surface area contributed by atoms with Gasteiger partial charge in [-0.2, -0.15) is 4.31 Å². The van der Waals surface area contributed by atoms with E-state index in [2.05, 4.69) is 5.32 Å². The smallest absolute Gasteiger partial charge is 0.243 e. The summed E-state index contributed by atoms with van der Waals surface area (Å²) in [6, 6.07) is 5.40. The van der Waals surface area contributed by atoms with Gasteiger partial charge in [-0.05, 0) is 36.6 Å². The van der Waals surface area contributed by atoms with Crippen LogP contribution in [0.3, 0.4) is 0 Å². The number of nitrogens with zero attached hydrogens (tertiary/aromatic N) is 1. The largest absolute Gasteiger partial charge is 0.310 e. The summed E-state index contributed by atoms with van der Waals surface area (Å²) in [7, 11) is -1.76. The average molecular weight is 331 g/mol. The summed E-state index contributed by atoms with van der Waals surface area (Å²) in [5, 5.41) is 3.85. The van der Waals surface area contributed by atoms with Crippen molar-refractivity contribution in [2.24, 2.45) is 0 Å². The van der Waals surface area contributed by atoms with Gasteiger partial charge in [0.1, 0.15) is 0 Å². The molecule has 1 aromatic rings. The van der Waals surface area contributed by atoms with Crippen molar-refractivity contribution < 1.29 is 8.42 Å². The second-order valence-electron chi connectivity index (χ2n) is 5.89. The van der Waals surface area contributed by atoms with Crippen molar-refractivity contribution in [2.45, 2.75) is 56.6 Å². The van der Waals surface area contributed by atoms with Gasteiger partial charge >= 0.3 is 0 Å². The van der Waals surface area contributed by atoms with Crippen LogP contribution < -0.4 is 5.32 Å². The number of sulfonamides is 1. The van der Waals surface area contributed by atoms with E-state index >= 15 is 0 Å². The number of hydrogen-bond donors (Lipinski definition) is 1. The molecule has 6 heteroatoms. The Morgan fingerprint density at radius 3 is 2.57 bits per heavy atom. The lowest BCUT2D eigenvalue weighted by molar-refractivity contribution is 0.249. The van der Waals surface area contributed by atoms with Crippen molar-refractivity contribution in [1.82, 2.24) is 9.62 Å². The summed E-state index contributed by atoms with van der Waals surface area (Å²) in [4.78, 5) is 0.321. The van der Waals surface area contributed by atoms with E-state index in [1.54, 1.807) is 25.2 Å². The maximum atomic E-state index is 12.6. The lowest BCUT2D eigenvalue weighted by Gasteiger charge is -2.33. The van der Waals surface area contributed by atoms with Gasteiger partial charge in [-0.3, -0.25) is 0 Å². The van der Waals surface area contributed by atoms with Gasteiger partial charge in [0.05, 0.1) is 4.90 Å². The van der Waals surface area contributed by atoms with E-state index < -0.39 is 10.0 Å². The normalized spacial score (nSPS) is 16.5. The van der Waals surface area contributed by atoms with Crippen molar-refractivity contribution in [3.05, 3.63) is 28.8 Å². The summed E-state index contributed by atoms with van der Waals surface area (Å²) >= 11 is 6.16. The highest BCUT2D eigenvalue weighted by Crippen LogP contribution is 2.29. The van der Waals surface area contributed by atoms with E-state index in [-0.39, 0.29) is 6.04 Å². The Labute approximate surface area is 132 Å². The maximum absolute atomic E-state index is 12.6. The van der Waals surface area contributed by atoms with E-state index in [4.69, 9.17) is 11.6 Å². The molecule has 118 valence electrons. The molecule has 0 aliphatic heterocycles. The summed E-state index contributed by atoms with van der Waals surface area (Å²) < 4.78 is 26.8. The van der Waals surface area contributed by atoms with E-state index in [1.165, 1.54) is 4.31 Å². The fourth-order valence-corrected chi connectivity index (χ4v) is 3.93. The molecule has 0 unspecified atom stereocenters. The molecule has 1 aromatic carbocycles. The second kappa shape index (κ2) is 6.65. The van der Waals surface area contributed by atoms with Gasteiger partial charge in [0.15, 0.2) is 0 Å². The fraction of sp³-hybridized carbons (Fsp3) is 0.600. The van der Waals surface area contributed by atoms with Crippen LogP contribution in [0.1, 0.15) is 38.7 Å². The van der Waals surface area contributed by atoms with Crippen molar-refractivity contribution in [2.75, 3.05) is 7.05 Å². The summed E-state index contributed by atoms with van der Waals surface area (Å²) in [5.74, 6) is 0. The van der Waals surface area contributed by atoms with Crippen molar-refractivity contribution in [1.29, 1.82) is 0 Å². The molecule has 0 bridgehead atoms. The minimum atomic E-state index is -3.43. The van der Waals surface area contributed by atoms with Gasteiger partial charge in [0.2, 0.25) is 10.0 Å². The lowest BCUT2D eigenvalue weighted by atomic mass is 9.94. The van der Waals surface area contributed by atoms with Crippen LogP contribution in [0.2, 0.25) is 5.02 Å². The Hall–Kier alpha value is -0.620. The first-order valence-electron chi connectivity index (χ1n) is 7.32. The van der Waals surface area contributed by atoms with E-state index in [0.717, 1.165) is 24.8 Å². The first-order chi connectivity index (χ1) is 9.82. The number of halogens is 1. The van der Waals surface area contributed by atoms with Crippen LogP contribution >= 0.6 is 11.6 Å². The van der Waals surface area contributed by atoms with Crippen molar-refractivity contribution in [3.8, 4) is 0 Å².